The number of nitrogens with zero attached hydrogens (tertiary/aromatic N) is 5. The van der Waals surface area contributed by atoms with Crippen molar-refractivity contribution in [2.75, 3.05) is 31.1 Å². The molecule has 1 atom stereocenters. The van der Waals surface area contributed by atoms with Crippen molar-refractivity contribution in [2.45, 2.75) is 78.2 Å². The van der Waals surface area contributed by atoms with E-state index in [0.29, 0.717) is 34.5 Å². The van der Waals surface area contributed by atoms with E-state index < -0.39 is 29.7 Å². The minimum atomic E-state index is -0.984. The fourth-order valence-corrected chi connectivity index (χ4v) is 10.7. The molecule has 3 saturated heterocycles. The Morgan fingerprint density at radius 1 is 0.862 bits per heavy atom. The van der Waals surface area contributed by atoms with Crippen LogP contribution in [0.1, 0.15) is 93.9 Å². The first-order valence-corrected chi connectivity index (χ1v) is 20.1. The maximum atomic E-state index is 13.8. The average Bonchev–Trinajstić information content (AvgIpc) is 3.58. The van der Waals surface area contributed by atoms with Crippen molar-refractivity contribution in [1.29, 1.82) is 5.26 Å². The smallest absolute Gasteiger partial charge is 0.262 e. The first-order valence-electron chi connectivity index (χ1n) is 19.7. The number of rotatable bonds is 6. The van der Waals surface area contributed by atoms with Crippen molar-refractivity contribution in [2.24, 2.45) is 16.7 Å². The fraction of sp³-hybridized carbons (Fsp3) is 0.422. The molecular weight excluding hydrogens is 756 g/mol. The summed E-state index contributed by atoms with van der Waals surface area (Å²) in [6.45, 7) is 14.2. The summed E-state index contributed by atoms with van der Waals surface area (Å²) in [5.74, 6) is 5.70. The van der Waals surface area contributed by atoms with Gasteiger partial charge < -0.3 is 14.5 Å². The third-order valence-electron chi connectivity index (χ3n) is 13.2. The van der Waals surface area contributed by atoms with Crippen LogP contribution in [-0.4, -0.2) is 94.6 Å². The van der Waals surface area contributed by atoms with Gasteiger partial charge in [-0.05, 0) is 67.4 Å². The average molecular weight is 799 g/mol. The molecule has 13 heteroatoms. The van der Waals surface area contributed by atoms with Crippen molar-refractivity contribution in [3.63, 3.8) is 0 Å². The summed E-state index contributed by atoms with van der Waals surface area (Å²) in [4.78, 5) is 71.8. The van der Waals surface area contributed by atoms with Gasteiger partial charge >= 0.3 is 0 Å². The highest BCUT2D eigenvalue weighted by Gasteiger charge is 2.67. The van der Waals surface area contributed by atoms with E-state index in [1.54, 1.807) is 24.3 Å². The lowest BCUT2D eigenvalue weighted by Gasteiger charge is -2.65. The molecule has 1 saturated carbocycles. The second-order valence-corrected chi connectivity index (χ2v) is 18.0. The third-order valence-corrected chi connectivity index (χ3v) is 13.7. The first-order chi connectivity index (χ1) is 27.6. The molecule has 1 unspecified atom stereocenters. The zero-order chi connectivity index (χ0) is 41.0. The summed E-state index contributed by atoms with van der Waals surface area (Å²) >= 11 is 6.45. The number of likely N-dealkylation sites (tertiary alicyclic amines) is 1. The van der Waals surface area contributed by atoms with Crippen molar-refractivity contribution < 1.29 is 28.7 Å². The molecule has 3 aromatic carbocycles. The number of fused-ring (bicyclic) bond motifs is 2. The van der Waals surface area contributed by atoms with E-state index in [1.807, 2.05) is 36.1 Å². The van der Waals surface area contributed by atoms with Crippen LogP contribution < -0.4 is 15.0 Å². The van der Waals surface area contributed by atoms with Crippen LogP contribution in [0.4, 0.5) is 5.69 Å². The maximum Gasteiger partial charge on any atom is 0.262 e. The van der Waals surface area contributed by atoms with Crippen LogP contribution in [-0.2, 0) is 16.1 Å². The van der Waals surface area contributed by atoms with Gasteiger partial charge in [0, 0.05) is 90.4 Å². The number of halogens is 1. The normalized spacial score (nSPS) is 24.9. The Kier molecular flexibility index (Phi) is 8.77. The number of hydrogen-bond donors (Lipinski definition) is 1. The molecule has 0 spiro atoms. The van der Waals surface area contributed by atoms with Gasteiger partial charge in [0.05, 0.1) is 21.7 Å². The molecule has 0 radical (unpaired) electrons. The Morgan fingerprint density at radius 3 is 2.28 bits per heavy atom. The van der Waals surface area contributed by atoms with E-state index >= 15 is 0 Å². The lowest BCUT2D eigenvalue weighted by Crippen LogP contribution is -2.74. The summed E-state index contributed by atoms with van der Waals surface area (Å²) in [5.41, 5.74) is 4.44. The van der Waals surface area contributed by atoms with Crippen molar-refractivity contribution >= 4 is 46.8 Å². The zero-order valence-electron chi connectivity index (χ0n) is 33.0. The van der Waals surface area contributed by atoms with Crippen molar-refractivity contribution in [1.82, 2.24) is 20.0 Å². The first kappa shape index (κ1) is 37.9. The summed E-state index contributed by atoms with van der Waals surface area (Å²) in [7, 11) is 0. The summed E-state index contributed by atoms with van der Waals surface area (Å²) in [5, 5.41) is 12.0. The van der Waals surface area contributed by atoms with Gasteiger partial charge in [-0.2, -0.15) is 5.26 Å². The predicted octanol–water partition coefficient (Wildman–Crippen LogP) is 4.93. The number of anilines is 1. The molecule has 9 rings (SSSR count). The van der Waals surface area contributed by atoms with E-state index in [2.05, 4.69) is 60.7 Å². The third kappa shape index (κ3) is 5.79. The fourth-order valence-electron chi connectivity index (χ4n) is 10.5. The zero-order valence-corrected chi connectivity index (χ0v) is 33.8. The molecule has 1 N–H and O–H groups in total. The monoisotopic (exact) mass is 798 g/mol. The number of piperidine rings is 1. The van der Waals surface area contributed by atoms with E-state index in [1.165, 1.54) is 0 Å². The van der Waals surface area contributed by atoms with Gasteiger partial charge in [-0.15, -0.1) is 0 Å². The Morgan fingerprint density at radius 2 is 1.57 bits per heavy atom. The van der Waals surface area contributed by atoms with Crippen LogP contribution in [0.15, 0.2) is 48.5 Å². The van der Waals surface area contributed by atoms with Crippen LogP contribution >= 0.6 is 11.6 Å². The van der Waals surface area contributed by atoms with Gasteiger partial charge in [0.1, 0.15) is 24.0 Å². The molecule has 3 aromatic rings. The second kappa shape index (κ2) is 13.4. The number of carbonyl (C=O) groups excluding carboxylic acids is 5. The van der Waals surface area contributed by atoms with Crippen molar-refractivity contribution in [3.05, 3.63) is 92.5 Å². The SMILES string of the molecule is Cc1c(O[C@H]2C(C)(C)[C@H](N3Cc4cc(C#CC5CN(C6CN(c7ccc8c(c7)C(=O)N(C7CCC(=O)NC7=O)C8=O)C6)C5)ccc4C3=O)C2(C)C)ccc(C#N)c1Cl. The number of nitriles is 1. The van der Waals surface area contributed by atoms with Gasteiger partial charge in [-0.3, -0.25) is 39.1 Å². The Labute approximate surface area is 342 Å². The van der Waals surface area contributed by atoms with E-state index in [-0.39, 0.29) is 58.8 Å². The number of benzene rings is 3. The molecule has 4 fully saturated rings. The Balaban J connectivity index is 0.787. The molecule has 5 heterocycles. The van der Waals surface area contributed by atoms with E-state index in [9.17, 15) is 29.2 Å². The van der Waals surface area contributed by atoms with Gasteiger partial charge in [-0.25, -0.2) is 0 Å². The topological polar surface area (TPSA) is 143 Å². The number of hydrogen-bond acceptors (Lipinski definition) is 9. The molecule has 0 aromatic heterocycles. The van der Waals surface area contributed by atoms with Crippen LogP contribution in [0.5, 0.6) is 5.75 Å². The molecule has 58 heavy (non-hydrogen) atoms. The van der Waals surface area contributed by atoms with E-state index in [4.69, 9.17) is 16.3 Å². The van der Waals surface area contributed by atoms with Crippen LogP contribution in [0, 0.1) is 46.8 Å². The largest absolute Gasteiger partial charge is 0.489 e. The van der Waals surface area contributed by atoms with Gasteiger partial charge in [0.15, 0.2) is 0 Å². The minimum absolute atomic E-state index is 0.0232. The molecule has 5 amide bonds. The van der Waals surface area contributed by atoms with Crippen LogP contribution in [0.25, 0.3) is 0 Å². The molecule has 12 nitrogen and oxygen atoms in total. The lowest BCUT2D eigenvalue weighted by atomic mass is 9.49. The van der Waals surface area contributed by atoms with E-state index in [0.717, 1.165) is 53.5 Å². The summed E-state index contributed by atoms with van der Waals surface area (Å²) in [6, 6.07) is 16.0. The predicted molar refractivity (Wildman–Crippen MR) is 214 cm³/mol. The maximum absolute atomic E-state index is 13.8. The highest BCUT2D eigenvalue weighted by molar-refractivity contribution is 6.32. The molecule has 5 aliphatic heterocycles. The van der Waals surface area contributed by atoms with Crippen LogP contribution in [0.3, 0.4) is 0 Å². The van der Waals surface area contributed by atoms with Crippen molar-refractivity contribution in [3.8, 4) is 23.7 Å². The highest BCUT2D eigenvalue weighted by atomic mass is 35.5. The quantitative estimate of drug-likeness (QED) is 0.271. The molecular formula is C45H43ClN6O6. The number of imide groups is 2. The Hall–Kier alpha value is -5.69. The standard InChI is InChI=1S/C45H43ClN6O6/c1-24-35(14-9-27(18-47)37(24)46)58-43-44(2,3)42(45(43,4)5)51-21-28-16-25(8-11-31(28)39(51)55)6-7-26-19-49(20-26)30-22-50(23-30)29-10-12-32-33(17-29)41(57)52(40(32)56)34-13-15-36(53)48-38(34)54/h8-12,14,16-17,26,30,34,42-43H,13,15,19-23H2,1-5H3,(H,48,53,54)/t34?,42-,43-. The van der Waals surface area contributed by atoms with Crippen LogP contribution in [0.2, 0.25) is 5.02 Å². The second-order valence-electron chi connectivity index (χ2n) is 17.7. The molecule has 0 bridgehead atoms. The minimum Gasteiger partial charge on any atom is -0.489 e. The number of nitrogens with one attached hydrogen (secondary N) is 1. The number of ether oxygens (including phenoxy) is 1. The lowest BCUT2D eigenvalue weighted by molar-refractivity contribution is -0.199. The number of amides is 5. The van der Waals surface area contributed by atoms with Gasteiger partial charge in [-0.1, -0.05) is 51.1 Å². The molecule has 296 valence electrons. The highest BCUT2D eigenvalue weighted by Crippen LogP contribution is 2.59. The van der Waals surface area contributed by atoms with Gasteiger partial charge in [0.2, 0.25) is 11.8 Å². The molecule has 6 aliphatic rings. The summed E-state index contributed by atoms with van der Waals surface area (Å²) < 4.78 is 6.59. The van der Waals surface area contributed by atoms with Gasteiger partial charge in [0.25, 0.3) is 17.7 Å². The Bertz CT molecular complexity index is 2450. The number of carbonyl (C=O) groups is 5. The summed E-state index contributed by atoms with van der Waals surface area (Å²) in [6.07, 6.45) is 0.0207. The molecule has 1 aliphatic carbocycles.